The summed E-state index contributed by atoms with van der Waals surface area (Å²) in [6.07, 6.45) is 1.05. The van der Waals surface area contributed by atoms with E-state index < -0.39 is 6.10 Å². The molecule has 0 saturated carbocycles. The Kier molecular flexibility index (Phi) is 5.46. The van der Waals surface area contributed by atoms with Gasteiger partial charge in [-0.05, 0) is 36.4 Å². The standard InChI is InChI=1S/C15H19NO4/c1-18-13-4-6-14(7-5-13)20-11-12(17)9-16-10-15-3-2-8-19-15/h2-8,12,16-17H,9-11H2,1H3/t12-/m0/s1. The number of methoxy groups -OCH3 is 1. The predicted molar refractivity (Wildman–Crippen MR) is 74.9 cm³/mol. The van der Waals surface area contributed by atoms with Crippen molar-refractivity contribution in [3.05, 3.63) is 48.4 Å². The van der Waals surface area contributed by atoms with E-state index in [0.29, 0.717) is 18.8 Å². The second-order valence-electron chi connectivity index (χ2n) is 4.35. The molecular formula is C15H19NO4. The van der Waals surface area contributed by atoms with Crippen LogP contribution in [0.15, 0.2) is 47.1 Å². The van der Waals surface area contributed by atoms with Crippen LogP contribution in [-0.4, -0.2) is 31.5 Å². The van der Waals surface area contributed by atoms with E-state index in [9.17, 15) is 5.11 Å². The van der Waals surface area contributed by atoms with Gasteiger partial charge in [-0.2, -0.15) is 0 Å². The molecule has 0 bridgehead atoms. The fraction of sp³-hybridized carbons (Fsp3) is 0.333. The molecule has 0 radical (unpaired) electrons. The highest BCUT2D eigenvalue weighted by atomic mass is 16.5. The first kappa shape index (κ1) is 14.4. The van der Waals surface area contributed by atoms with Gasteiger partial charge in [0.25, 0.3) is 0 Å². The van der Waals surface area contributed by atoms with Crippen LogP contribution in [0.1, 0.15) is 5.76 Å². The Morgan fingerprint density at radius 1 is 1.20 bits per heavy atom. The molecule has 5 heteroatoms. The van der Waals surface area contributed by atoms with Crippen molar-refractivity contribution >= 4 is 0 Å². The first-order chi connectivity index (χ1) is 9.78. The molecule has 0 aliphatic rings. The number of aliphatic hydroxyl groups is 1. The maximum absolute atomic E-state index is 9.80. The molecule has 108 valence electrons. The Labute approximate surface area is 118 Å². The van der Waals surface area contributed by atoms with Crippen molar-refractivity contribution in [2.75, 3.05) is 20.3 Å². The second kappa shape index (κ2) is 7.57. The lowest BCUT2D eigenvalue weighted by Crippen LogP contribution is -2.31. The molecule has 2 N–H and O–H groups in total. The normalized spacial score (nSPS) is 12.1. The van der Waals surface area contributed by atoms with E-state index in [0.717, 1.165) is 11.5 Å². The summed E-state index contributed by atoms with van der Waals surface area (Å²) in [6.45, 7) is 1.26. The summed E-state index contributed by atoms with van der Waals surface area (Å²) in [5.41, 5.74) is 0. The van der Waals surface area contributed by atoms with Gasteiger partial charge in [0.1, 0.15) is 30.0 Å². The zero-order chi connectivity index (χ0) is 14.2. The van der Waals surface area contributed by atoms with Gasteiger partial charge in [-0.1, -0.05) is 0 Å². The monoisotopic (exact) mass is 277 g/mol. The van der Waals surface area contributed by atoms with Gasteiger partial charge in [0.15, 0.2) is 0 Å². The molecule has 0 amide bonds. The summed E-state index contributed by atoms with van der Waals surface area (Å²) in [5, 5.41) is 12.9. The molecule has 1 heterocycles. The summed E-state index contributed by atoms with van der Waals surface area (Å²) >= 11 is 0. The number of furan rings is 1. The van der Waals surface area contributed by atoms with Gasteiger partial charge in [-0.25, -0.2) is 0 Å². The molecule has 2 aromatic rings. The van der Waals surface area contributed by atoms with Crippen molar-refractivity contribution in [3.8, 4) is 11.5 Å². The average Bonchev–Trinajstić information content (AvgIpc) is 2.99. The highest BCUT2D eigenvalue weighted by Crippen LogP contribution is 2.16. The minimum Gasteiger partial charge on any atom is -0.497 e. The Morgan fingerprint density at radius 3 is 2.60 bits per heavy atom. The third kappa shape index (κ3) is 4.60. The lowest BCUT2D eigenvalue weighted by Gasteiger charge is -2.13. The number of hydrogen-bond donors (Lipinski definition) is 2. The van der Waals surface area contributed by atoms with Crippen LogP contribution in [0.25, 0.3) is 0 Å². The number of aliphatic hydroxyl groups excluding tert-OH is 1. The smallest absolute Gasteiger partial charge is 0.119 e. The van der Waals surface area contributed by atoms with Crippen molar-refractivity contribution in [3.63, 3.8) is 0 Å². The van der Waals surface area contributed by atoms with E-state index >= 15 is 0 Å². The minimum absolute atomic E-state index is 0.234. The third-order valence-electron chi connectivity index (χ3n) is 2.76. The SMILES string of the molecule is COc1ccc(OC[C@@H](O)CNCc2ccco2)cc1. The van der Waals surface area contributed by atoms with Crippen molar-refractivity contribution in [2.45, 2.75) is 12.6 Å². The molecule has 0 spiro atoms. The molecule has 5 nitrogen and oxygen atoms in total. The van der Waals surface area contributed by atoms with E-state index in [1.54, 1.807) is 13.4 Å². The van der Waals surface area contributed by atoms with Gasteiger partial charge in [-0.15, -0.1) is 0 Å². The number of benzene rings is 1. The largest absolute Gasteiger partial charge is 0.497 e. The van der Waals surface area contributed by atoms with Crippen LogP contribution >= 0.6 is 0 Å². The topological polar surface area (TPSA) is 63.9 Å². The van der Waals surface area contributed by atoms with Gasteiger partial charge >= 0.3 is 0 Å². The lowest BCUT2D eigenvalue weighted by molar-refractivity contribution is 0.105. The fourth-order valence-corrected chi connectivity index (χ4v) is 1.70. The van der Waals surface area contributed by atoms with Gasteiger partial charge in [0.05, 0.1) is 19.9 Å². The van der Waals surface area contributed by atoms with Gasteiger partial charge in [0.2, 0.25) is 0 Å². The predicted octanol–water partition coefficient (Wildman–Crippen LogP) is 1.82. The van der Waals surface area contributed by atoms with Crippen LogP contribution in [0, 0.1) is 0 Å². The summed E-state index contributed by atoms with van der Waals surface area (Å²) in [6, 6.07) is 11.0. The van der Waals surface area contributed by atoms with Crippen molar-refractivity contribution < 1.29 is 19.0 Å². The van der Waals surface area contributed by atoms with E-state index in [1.165, 1.54) is 0 Å². The van der Waals surface area contributed by atoms with E-state index in [2.05, 4.69) is 5.32 Å². The molecule has 0 aliphatic heterocycles. The van der Waals surface area contributed by atoms with Crippen LogP contribution in [0.3, 0.4) is 0 Å². The summed E-state index contributed by atoms with van der Waals surface area (Å²) in [5.74, 6) is 2.32. The number of rotatable bonds is 8. The van der Waals surface area contributed by atoms with Crippen LogP contribution in [0.2, 0.25) is 0 Å². The maximum atomic E-state index is 9.80. The number of nitrogens with one attached hydrogen (secondary N) is 1. The summed E-state index contributed by atoms with van der Waals surface area (Å²) in [4.78, 5) is 0. The fourth-order valence-electron chi connectivity index (χ4n) is 1.70. The number of hydrogen-bond acceptors (Lipinski definition) is 5. The van der Waals surface area contributed by atoms with Crippen LogP contribution < -0.4 is 14.8 Å². The Hall–Kier alpha value is -1.98. The average molecular weight is 277 g/mol. The third-order valence-corrected chi connectivity index (χ3v) is 2.76. The van der Waals surface area contributed by atoms with E-state index in [4.69, 9.17) is 13.9 Å². The first-order valence-electron chi connectivity index (χ1n) is 6.46. The molecule has 1 atom stereocenters. The van der Waals surface area contributed by atoms with Gasteiger partial charge in [0, 0.05) is 6.54 Å². The highest BCUT2D eigenvalue weighted by molar-refractivity contribution is 5.31. The lowest BCUT2D eigenvalue weighted by atomic mass is 10.3. The molecule has 0 saturated heterocycles. The van der Waals surface area contributed by atoms with Gasteiger partial charge in [-0.3, -0.25) is 0 Å². The summed E-state index contributed by atoms with van der Waals surface area (Å²) < 4.78 is 15.7. The molecule has 20 heavy (non-hydrogen) atoms. The van der Waals surface area contributed by atoms with Crippen molar-refractivity contribution in [1.29, 1.82) is 0 Å². The molecule has 1 aromatic heterocycles. The van der Waals surface area contributed by atoms with E-state index in [-0.39, 0.29) is 6.61 Å². The quantitative estimate of drug-likeness (QED) is 0.770. The van der Waals surface area contributed by atoms with Crippen LogP contribution in [0.5, 0.6) is 11.5 Å². The molecule has 1 aromatic carbocycles. The molecule has 0 aliphatic carbocycles. The van der Waals surface area contributed by atoms with Gasteiger partial charge < -0.3 is 24.3 Å². The molecule has 0 unspecified atom stereocenters. The van der Waals surface area contributed by atoms with Crippen molar-refractivity contribution in [1.82, 2.24) is 5.32 Å². The van der Waals surface area contributed by atoms with Crippen molar-refractivity contribution in [2.24, 2.45) is 0 Å². The Morgan fingerprint density at radius 2 is 1.95 bits per heavy atom. The Bertz CT molecular complexity index is 481. The van der Waals surface area contributed by atoms with E-state index in [1.807, 2.05) is 36.4 Å². The Balaban J connectivity index is 1.65. The molecule has 0 fully saturated rings. The number of ether oxygens (including phenoxy) is 2. The zero-order valence-corrected chi connectivity index (χ0v) is 11.4. The molecular weight excluding hydrogens is 258 g/mol. The summed E-state index contributed by atoms with van der Waals surface area (Å²) in [7, 11) is 1.62. The molecule has 2 rings (SSSR count). The van der Waals surface area contributed by atoms with Crippen LogP contribution in [0.4, 0.5) is 0 Å². The highest BCUT2D eigenvalue weighted by Gasteiger charge is 2.05. The maximum Gasteiger partial charge on any atom is 0.119 e. The minimum atomic E-state index is -0.577. The first-order valence-corrected chi connectivity index (χ1v) is 6.46. The second-order valence-corrected chi connectivity index (χ2v) is 4.35. The zero-order valence-electron chi connectivity index (χ0n) is 11.4. The van der Waals surface area contributed by atoms with Crippen LogP contribution in [-0.2, 0) is 6.54 Å².